The third kappa shape index (κ3) is 4.56. The van der Waals surface area contributed by atoms with E-state index in [1.54, 1.807) is 6.92 Å². The first-order chi connectivity index (χ1) is 7.77. The molecule has 0 saturated heterocycles. The van der Waals surface area contributed by atoms with Gasteiger partial charge in [0.15, 0.2) is 0 Å². The fourth-order valence-electron chi connectivity index (χ4n) is 2.19. The highest BCUT2D eigenvalue weighted by molar-refractivity contribution is 7.90. The summed E-state index contributed by atoms with van der Waals surface area (Å²) in [5.41, 5.74) is 0.361. The van der Waals surface area contributed by atoms with E-state index < -0.39 is 15.3 Å². The fraction of sp³-hybridized carbons (Fsp3) is 1.00. The Morgan fingerprint density at radius 1 is 1.35 bits per heavy atom. The van der Waals surface area contributed by atoms with Crippen LogP contribution < -0.4 is 4.72 Å². The first-order valence-electron chi connectivity index (χ1n) is 6.27. The van der Waals surface area contributed by atoms with Gasteiger partial charge in [0, 0.05) is 13.2 Å². The molecule has 0 aromatic carbocycles. The van der Waals surface area contributed by atoms with Crippen LogP contribution >= 0.6 is 0 Å². The predicted molar refractivity (Wildman–Crippen MR) is 69.4 cm³/mol. The van der Waals surface area contributed by atoms with E-state index in [2.05, 4.69) is 18.6 Å². The Labute approximate surface area is 105 Å². The van der Waals surface area contributed by atoms with Crippen LogP contribution in [0.15, 0.2) is 0 Å². The van der Waals surface area contributed by atoms with Gasteiger partial charge in [-0.05, 0) is 38.0 Å². The summed E-state index contributed by atoms with van der Waals surface area (Å²) in [6, 6.07) is 0.104. The van der Waals surface area contributed by atoms with Gasteiger partial charge in [-0.1, -0.05) is 13.8 Å². The second kappa shape index (κ2) is 5.67. The van der Waals surface area contributed by atoms with Crippen LogP contribution in [0.5, 0.6) is 0 Å². The summed E-state index contributed by atoms with van der Waals surface area (Å²) in [6.07, 6.45) is 4.04. The minimum atomic E-state index is -3.23. The highest BCUT2D eigenvalue weighted by Gasteiger charge is 2.30. The van der Waals surface area contributed by atoms with E-state index in [1.165, 1.54) is 7.11 Å². The standard InChI is InChI=1S/C12H25NO3S/c1-10(9-16-4)17(14,15)13-11-5-7-12(2,3)8-6-11/h10-11,13H,5-9H2,1-4H3/t10-/m1/s1. The molecule has 1 fully saturated rings. The van der Waals surface area contributed by atoms with E-state index in [0.29, 0.717) is 5.41 Å². The first-order valence-corrected chi connectivity index (χ1v) is 7.81. The lowest BCUT2D eigenvalue weighted by Gasteiger charge is -2.34. The molecule has 0 heterocycles. The number of sulfonamides is 1. The molecule has 17 heavy (non-hydrogen) atoms. The number of methoxy groups -OCH3 is 1. The highest BCUT2D eigenvalue weighted by Crippen LogP contribution is 2.35. The Balaban J connectivity index is 2.50. The van der Waals surface area contributed by atoms with Gasteiger partial charge in [-0.3, -0.25) is 0 Å². The average Bonchev–Trinajstić information content (AvgIpc) is 2.21. The van der Waals surface area contributed by atoms with Crippen molar-refractivity contribution in [1.29, 1.82) is 0 Å². The van der Waals surface area contributed by atoms with Gasteiger partial charge >= 0.3 is 0 Å². The monoisotopic (exact) mass is 263 g/mol. The van der Waals surface area contributed by atoms with Crippen molar-refractivity contribution in [2.24, 2.45) is 5.41 Å². The summed E-state index contributed by atoms with van der Waals surface area (Å²) in [5, 5.41) is -0.484. The average molecular weight is 263 g/mol. The molecule has 1 N–H and O–H groups in total. The van der Waals surface area contributed by atoms with Crippen LogP contribution in [0, 0.1) is 5.41 Å². The molecule has 0 unspecified atom stereocenters. The molecule has 0 amide bonds. The maximum absolute atomic E-state index is 12.0. The summed E-state index contributed by atoms with van der Waals surface area (Å²) in [6.45, 7) is 6.41. The second-order valence-corrected chi connectivity index (χ2v) is 8.00. The zero-order chi connectivity index (χ0) is 13.1. The molecule has 102 valence electrons. The Kier molecular flexibility index (Phi) is 4.98. The molecule has 1 saturated carbocycles. The predicted octanol–water partition coefficient (Wildman–Crippen LogP) is 1.91. The van der Waals surface area contributed by atoms with Gasteiger partial charge in [0.25, 0.3) is 0 Å². The van der Waals surface area contributed by atoms with Crippen molar-refractivity contribution < 1.29 is 13.2 Å². The zero-order valence-electron chi connectivity index (χ0n) is 11.3. The van der Waals surface area contributed by atoms with Crippen molar-refractivity contribution in [2.45, 2.75) is 57.7 Å². The van der Waals surface area contributed by atoms with Crippen molar-refractivity contribution >= 4 is 10.0 Å². The summed E-state index contributed by atoms with van der Waals surface area (Å²) < 4.78 is 31.6. The molecular formula is C12H25NO3S. The number of rotatable bonds is 5. The van der Waals surface area contributed by atoms with Gasteiger partial charge in [0.2, 0.25) is 10.0 Å². The molecule has 0 aromatic rings. The fourth-order valence-corrected chi connectivity index (χ4v) is 3.44. The van der Waals surface area contributed by atoms with E-state index in [0.717, 1.165) is 25.7 Å². The third-order valence-corrected chi connectivity index (χ3v) is 5.46. The molecule has 5 heteroatoms. The molecule has 0 aliphatic heterocycles. The Bertz CT molecular complexity index is 328. The topological polar surface area (TPSA) is 55.4 Å². The van der Waals surface area contributed by atoms with Crippen molar-refractivity contribution in [2.75, 3.05) is 13.7 Å². The summed E-state index contributed by atoms with van der Waals surface area (Å²) in [5.74, 6) is 0. The largest absolute Gasteiger partial charge is 0.383 e. The summed E-state index contributed by atoms with van der Waals surface area (Å²) >= 11 is 0. The molecule has 0 bridgehead atoms. The second-order valence-electron chi connectivity index (χ2n) is 5.87. The number of hydrogen-bond acceptors (Lipinski definition) is 3. The molecule has 1 aliphatic rings. The van der Waals surface area contributed by atoms with Crippen molar-refractivity contribution in [3.05, 3.63) is 0 Å². The van der Waals surface area contributed by atoms with E-state index >= 15 is 0 Å². The van der Waals surface area contributed by atoms with Crippen molar-refractivity contribution in [1.82, 2.24) is 4.72 Å². The van der Waals surface area contributed by atoms with Gasteiger partial charge in [-0.15, -0.1) is 0 Å². The van der Waals surface area contributed by atoms with Crippen LogP contribution in [0.3, 0.4) is 0 Å². The number of nitrogens with one attached hydrogen (secondary N) is 1. The lowest BCUT2D eigenvalue weighted by atomic mass is 9.76. The van der Waals surface area contributed by atoms with Crippen LogP contribution in [-0.2, 0) is 14.8 Å². The van der Waals surface area contributed by atoms with Gasteiger partial charge in [-0.25, -0.2) is 13.1 Å². The minimum absolute atomic E-state index is 0.104. The van der Waals surface area contributed by atoms with Crippen molar-refractivity contribution in [3.63, 3.8) is 0 Å². The van der Waals surface area contributed by atoms with E-state index in [9.17, 15) is 8.42 Å². The molecule has 1 rings (SSSR count). The zero-order valence-corrected chi connectivity index (χ0v) is 12.1. The van der Waals surface area contributed by atoms with E-state index in [4.69, 9.17) is 4.74 Å². The van der Waals surface area contributed by atoms with E-state index in [1.807, 2.05) is 0 Å². The van der Waals surface area contributed by atoms with E-state index in [-0.39, 0.29) is 12.6 Å². The lowest BCUT2D eigenvalue weighted by Crippen LogP contribution is -2.43. The van der Waals surface area contributed by atoms with Gasteiger partial charge < -0.3 is 4.74 Å². The van der Waals surface area contributed by atoms with Crippen LogP contribution in [-0.4, -0.2) is 33.4 Å². The minimum Gasteiger partial charge on any atom is -0.383 e. The number of ether oxygens (including phenoxy) is 1. The van der Waals surface area contributed by atoms with Gasteiger partial charge in [-0.2, -0.15) is 0 Å². The lowest BCUT2D eigenvalue weighted by molar-refractivity contribution is 0.198. The molecular weight excluding hydrogens is 238 g/mol. The molecule has 1 aliphatic carbocycles. The van der Waals surface area contributed by atoms with Gasteiger partial charge in [0.1, 0.15) is 0 Å². The van der Waals surface area contributed by atoms with Crippen molar-refractivity contribution in [3.8, 4) is 0 Å². The van der Waals surface area contributed by atoms with Crippen LogP contribution in [0.2, 0.25) is 0 Å². The van der Waals surface area contributed by atoms with Gasteiger partial charge in [0.05, 0.1) is 11.9 Å². The van der Waals surface area contributed by atoms with Crippen LogP contribution in [0.1, 0.15) is 46.5 Å². The summed E-state index contributed by atoms with van der Waals surface area (Å²) in [7, 11) is -1.71. The smallest absolute Gasteiger partial charge is 0.216 e. The summed E-state index contributed by atoms with van der Waals surface area (Å²) in [4.78, 5) is 0. The molecule has 0 spiro atoms. The molecule has 4 nitrogen and oxygen atoms in total. The van der Waals surface area contributed by atoms with Crippen LogP contribution in [0.4, 0.5) is 0 Å². The SMILES string of the molecule is COC[C@@H](C)S(=O)(=O)NC1CCC(C)(C)CC1. The molecule has 1 atom stereocenters. The Morgan fingerprint density at radius 3 is 2.35 bits per heavy atom. The quantitative estimate of drug-likeness (QED) is 0.824. The third-order valence-electron chi connectivity index (χ3n) is 3.60. The maximum Gasteiger partial charge on any atom is 0.216 e. The molecule has 0 aromatic heterocycles. The normalized spacial score (nSPS) is 23.5. The highest BCUT2D eigenvalue weighted by atomic mass is 32.2. The molecule has 0 radical (unpaired) electrons. The first kappa shape index (κ1) is 14.9. The number of hydrogen-bond donors (Lipinski definition) is 1. The Hall–Kier alpha value is -0.130. The Morgan fingerprint density at radius 2 is 1.88 bits per heavy atom. The van der Waals surface area contributed by atoms with Crippen LogP contribution in [0.25, 0.3) is 0 Å². The maximum atomic E-state index is 12.0.